The molecule has 3 nitrogen and oxygen atoms in total. The summed E-state index contributed by atoms with van der Waals surface area (Å²) in [7, 11) is 0. The Morgan fingerprint density at radius 1 is 1.33 bits per heavy atom. The maximum Gasteiger partial charge on any atom is 0.339 e. The van der Waals surface area contributed by atoms with Crippen molar-refractivity contribution in [1.82, 2.24) is 0 Å². The molecule has 1 aliphatic rings. The summed E-state index contributed by atoms with van der Waals surface area (Å²) in [6.45, 7) is 0. The van der Waals surface area contributed by atoms with Gasteiger partial charge in [-0.1, -0.05) is 18.2 Å². The maximum atomic E-state index is 11.1. The minimum absolute atomic E-state index is 0.414. The van der Waals surface area contributed by atoms with Crippen molar-refractivity contribution in [3.63, 3.8) is 0 Å². The van der Waals surface area contributed by atoms with Crippen LogP contribution in [0, 0.1) is 0 Å². The first-order valence-corrected chi connectivity index (χ1v) is 3.58. The Kier molecular flexibility index (Phi) is 1.43. The summed E-state index contributed by atoms with van der Waals surface area (Å²) in [5.74, 6) is -0.414. The Morgan fingerprint density at radius 2 is 2.08 bits per heavy atom. The van der Waals surface area contributed by atoms with E-state index in [4.69, 9.17) is 4.74 Å². The van der Waals surface area contributed by atoms with Gasteiger partial charge in [-0.25, -0.2) is 4.79 Å². The van der Waals surface area contributed by atoms with E-state index >= 15 is 0 Å². The number of carbonyl (C=O) groups is 2. The van der Waals surface area contributed by atoms with Gasteiger partial charge in [0.05, 0.1) is 5.56 Å². The van der Waals surface area contributed by atoms with Gasteiger partial charge in [-0.2, -0.15) is 0 Å². The number of benzene rings is 1. The summed E-state index contributed by atoms with van der Waals surface area (Å²) in [5, 5.41) is 0. The van der Waals surface area contributed by atoms with Crippen LogP contribution in [0.2, 0.25) is 0 Å². The van der Waals surface area contributed by atoms with Crippen LogP contribution in [0.3, 0.4) is 0 Å². The molecule has 0 saturated carbocycles. The van der Waals surface area contributed by atoms with Crippen LogP contribution in [0.5, 0.6) is 0 Å². The Bertz CT molecular complexity index is 343. The summed E-state index contributed by atoms with van der Waals surface area (Å²) in [4.78, 5) is 21.5. The molecule has 0 spiro atoms. The highest BCUT2D eigenvalue weighted by Crippen LogP contribution is 2.28. The number of hydrogen-bond donors (Lipinski definition) is 0. The maximum absolute atomic E-state index is 11.1. The number of hydrogen-bond acceptors (Lipinski definition) is 3. The quantitative estimate of drug-likeness (QED) is 0.458. The Morgan fingerprint density at radius 3 is 2.83 bits per heavy atom. The standard InChI is InChI=1S/C9H6O3/c10-5-8-6-3-1-2-4-7(6)9(11)12-8/h1-5,8H. The lowest BCUT2D eigenvalue weighted by molar-refractivity contribution is -0.115. The molecule has 0 saturated heterocycles. The van der Waals surface area contributed by atoms with Crippen molar-refractivity contribution in [2.45, 2.75) is 6.10 Å². The average Bonchev–Trinajstić information content (AvgIpc) is 2.44. The number of aldehydes is 1. The molecule has 0 amide bonds. The van der Waals surface area contributed by atoms with Gasteiger partial charge in [0.15, 0.2) is 12.4 Å². The molecule has 1 aromatic rings. The van der Waals surface area contributed by atoms with Crippen LogP contribution in [0.1, 0.15) is 22.0 Å². The van der Waals surface area contributed by atoms with Gasteiger partial charge in [0.25, 0.3) is 0 Å². The number of cyclic esters (lactones) is 1. The molecule has 1 aromatic carbocycles. The van der Waals surface area contributed by atoms with E-state index in [0.29, 0.717) is 17.4 Å². The molecule has 0 aromatic heterocycles. The number of fused-ring (bicyclic) bond motifs is 1. The van der Waals surface area contributed by atoms with Crippen LogP contribution in [0.4, 0.5) is 0 Å². The Balaban J connectivity index is 2.57. The van der Waals surface area contributed by atoms with Crippen LogP contribution in [0.25, 0.3) is 0 Å². The van der Waals surface area contributed by atoms with Gasteiger partial charge in [-0.3, -0.25) is 4.79 Å². The zero-order chi connectivity index (χ0) is 8.55. The highest BCUT2D eigenvalue weighted by Gasteiger charge is 2.29. The minimum Gasteiger partial charge on any atom is -0.446 e. The third-order valence-corrected chi connectivity index (χ3v) is 1.84. The molecule has 0 aliphatic carbocycles. The van der Waals surface area contributed by atoms with Gasteiger partial charge in [0.1, 0.15) is 0 Å². The molecular formula is C9H6O3. The topological polar surface area (TPSA) is 43.4 Å². The lowest BCUT2D eigenvalue weighted by atomic mass is 10.1. The average molecular weight is 162 g/mol. The summed E-state index contributed by atoms with van der Waals surface area (Å²) in [5.41, 5.74) is 1.16. The normalized spacial score (nSPS) is 20.0. The fourth-order valence-electron chi connectivity index (χ4n) is 1.27. The van der Waals surface area contributed by atoms with Gasteiger partial charge >= 0.3 is 5.97 Å². The number of carbonyl (C=O) groups excluding carboxylic acids is 2. The molecule has 1 aliphatic heterocycles. The second kappa shape index (κ2) is 2.44. The van der Waals surface area contributed by atoms with E-state index in [9.17, 15) is 9.59 Å². The fourth-order valence-corrected chi connectivity index (χ4v) is 1.27. The molecule has 60 valence electrons. The molecule has 3 heteroatoms. The molecule has 1 atom stereocenters. The van der Waals surface area contributed by atoms with E-state index in [-0.39, 0.29) is 0 Å². The fraction of sp³-hybridized carbons (Fsp3) is 0.111. The monoisotopic (exact) mass is 162 g/mol. The van der Waals surface area contributed by atoms with Crippen molar-refractivity contribution in [1.29, 1.82) is 0 Å². The predicted molar refractivity (Wildman–Crippen MR) is 40.7 cm³/mol. The van der Waals surface area contributed by atoms with Crippen LogP contribution in [-0.2, 0) is 9.53 Å². The van der Waals surface area contributed by atoms with Crippen molar-refractivity contribution < 1.29 is 14.3 Å². The van der Waals surface area contributed by atoms with Crippen molar-refractivity contribution in [3.8, 4) is 0 Å². The van der Waals surface area contributed by atoms with Crippen molar-refractivity contribution in [2.75, 3.05) is 0 Å². The van der Waals surface area contributed by atoms with Crippen LogP contribution in [0.15, 0.2) is 24.3 Å². The number of ether oxygens (including phenoxy) is 1. The summed E-state index contributed by atoms with van der Waals surface area (Å²) >= 11 is 0. The van der Waals surface area contributed by atoms with E-state index < -0.39 is 12.1 Å². The molecule has 0 fully saturated rings. The molecule has 0 N–H and O–H groups in total. The molecule has 1 unspecified atom stereocenters. The van der Waals surface area contributed by atoms with E-state index in [0.717, 1.165) is 0 Å². The second-order valence-corrected chi connectivity index (χ2v) is 2.55. The third-order valence-electron chi connectivity index (χ3n) is 1.84. The van der Waals surface area contributed by atoms with Gasteiger partial charge in [-0.05, 0) is 6.07 Å². The first kappa shape index (κ1) is 7.03. The van der Waals surface area contributed by atoms with Crippen LogP contribution >= 0.6 is 0 Å². The lowest BCUT2D eigenvalue weighted by Gasteiger charge is -1.98. The predicted octanol–water partition coefficient (Wildman–Crippen LogP) is 1.10. The van der Waals surface area contributed by atoms with Gasteiger partial charge in [-0.15, -0.1) is 0 Å². The molecule has 12 heavy (non-hydrogen) atoms. The summed E-state index contributed by atoms with van der Waals surface area (Å²) in [6, 6.07) is 6.89. The largest absolute Gasteiger partial charge is 0.446 e. The highest BCUT2D eigenvalue weighted by molar-refractivity contribution is 5.96. The van der Waals surface area contributed by atoms with Crippen molar-refractivity contribution in [2.24, 2.45) is 0 Å². The summed E-state index contributed by atoms with van der Waals surface area (Å²) < 4.78 is 4.77. The smallest absolute Gasteiger partial charge is 0.339 e. The number of rotatable bonds is 1. The Hall–Kier alpha value is -1.64. The van der Waals surface area contributed by atoms with Crippen LogP contribution in [-0.4, -0.2) is 12.3 Å². The SMILES string of the molecule is O=CC1OC(=O)c2ccccc21. The first-order valence-electron chi connectivity index (χ1n) is 3.58. The van der Waals surface area contributed by atoms with E-state index in [1.54, 1.807) is 24.3 Å². The van der Waals surface area contributed by atoms with Crippen LogP contribution < -0.4 is 0 Å². The first-order chi connectivity index (χ1) is 5.83. The minimum atomic E-state index is -0.700. The molecule has 0 bridgehead atoms. The third kappa shape index (κ3) is 0.830. The van der Waals surface area contributed by atoms with Crippen molar-refractivity contribution in [3.05, 3.63) is 35.4 Å². The second-order valence-electron chi connectivity index (χ2n) is 2.55. The lowest BCUT2D eigenvalue weighted by Crippen LogP contribution is -1.98. The Labute approximate surface area is 69.0 Å². The van der Waals surface area contributed by atoms with E-state index in [1.165, 1.54) is 0 Å². The zero-order valence-corrected chi connectivity index (χ0v) is 6.19. The van der Waals surface area contributed by atoms with Gasteiger partial charge < -0.3 is 4.74 Å². The van der Waals surface area contributed by atoms with Crippen molar-refractivity contribution >= 4 is 12.3 Å². The highest BCUT2D eigenvalue weighted by atomic mass is 16.6. The van der Waals surface area contributed by atoms with E-state index in [1.807, 2.05) is 0 Å². The zero-order valence-electron chi connectivity index (χ0n) is 6.19. The van der Waals surface area contributed by atoms with Gasteiger partial charge in [0.2, 0.25) is 0 Å². The van der Waals surface area contributed by atoms with Gasteiger partial charge in [0, 0.05) is 5.56 Å². The molecule has 0 radical (unpaired) electrons. The van der Waals surface area contributed by atoms with E-state index in [2.05, 4.69) is 0 Å². The molecular weight excluding hydrogens is 156 g/mol. The molecule has 1 heterocycles. The number of esters is 1. The molecule has 2 rings (SSSR count). The summed E-state index contributed by atoms with van der Waals surface area (Å²) in [6.07, 6.45) is -0.0716.